The molecule has 0 saturated carbocycles. The first kappa shape index (κ1) is 27.3. The highest BCUT2D eigenvalue weighted by molar-refractivity contribution is 6.19. The molecule has 0 saturated heterocycles. The third-order valence-corrected chi connectivity index (χ3v) is 9.60. The van der Waals surface area contributed by atoms with Crippen molar-refractivity contribution in [1.29, 1.82) is 0 Å². The molecule has 0 aliphatic heterocycles. The standard InChI is InChI=1S/C43H36N2/c1-3-40-44-38-20-12-13-21-39(38)45(40)33-24-22-30(23-25-33)41-34-16-8-10-18-36(34)42(37-19-11-9-17-35(37)41)31-26-28-43(2,29-27-31)32-14-6-4-5-7-15-32/h4,6-28H,3,5,29H2,1-2H3. The highest BCUT2D eigenvalue weighted by Gasteiger charge is 2.27. The van der Waals surface area contributed by atoms with Gasteiger partial charge in [-0.2, -0.15) is 0 Å². The highest BCUT2D eigenvalue weighted by atomic mass is 15.1. The van der Waals surface area contributed by atoms with Crippen molar-refractivity contribution in [2.45, 2.75) is 33.1 Å². The molecule has 0 fully saturated rings. The minimum Gasteiger partial charge on any atom is -0.296 e. The normalized spacial score (nSPS) is 18.0. The molecule has 1 atom stereocenters. The third kappa shape index (κ3) is 4.60. The molecule has 2 aliphatic rings. The van der Waals surface area contributed by atoms with Gasteiger partial charge in [-0.3, -0.25) is 4.57 Å². The monoisotopic (exact) mass is 580 g/mol. The van der Waals surface area contributed by atoms with Crippen LogP contribution in [0.4, 0.5) is 0 Å². The van der Waals surface area contributed by atoms with Crippen molar-refractivity contribution < 1.29 is 0 Å². The summed E-state index contributed by atoms with van der Waals surface area (Å²) >= 11 is 0. The smallest absolute Gasteiger partial charge is 0.114 e. The van der Waals surface area contributed by atoms with Crippen LogP contribution in [0.25, 0.3) is 55.0 Å². The van der Waals surface area contributed by atoms with E-state index in [4.69, 9.17) is 4.98 Å². The molecule has 8 rings (SSSR count). The van der Waals surface area contributed by atoms with Crippen molar-refractivity contribution in [1.82, 2.24) is 9.55 Å². The lowest BCUT2D eigenvalue weighted by Gasteiger charge is -2.30. The number of allylic oxidation sites excluding steroid dienone is 10. The molecule has 0 N–H and O–H groups in total. The Morgan fingerprint density at radius 3 is 2.07 bits per heavy atom. The van der Waals surface area contributed by atoms with E-state index in [2.05, 4.69) is 164 Å². The summed E-state index contributed by atoms with van der Waals surface area (Å²) in [7, 11) is 0. The topological polar surface area (TPSA) is 17.8 Å². The molecular weight excluding hydrogens is 544 g/mol. The van der Waals surface area contributed by atoms with E-state index in [9.17, 15) is 0 Å². The van der Waals surface area contributed by atoms with Crippen LogP contribution in [0.1, 0.15) is 38.1 Å². The van der Waals surface area contributed by atoms with E-state index in [1.165, 1.54) is 49.4 Å². The maximum atomic E-state index is 4.91. The second-order valence-corrected chi connectivity index (χ2v) is 12.4. The molecule has 2 nitrogen and oxygen atoms in total. The van der Waals surface area contributed by atoms with Gasteiger partial charge in [0.1, 0.15) is 5.82 Å². The Morgan fingerprint density at radius 1 is 0.733 bits per heavy atom. The fourth-order valence-corrected chi connectivity index (χ4v) is 7.22. The van der Waals surface area contributed by atoms with Gasteiger partial charge in [-0.05, 0) is 86.5 Å². The number of hydrogen-bond donors (Lipinski definition) is 0. The zero-order valence-corrected chi connectivity index (χ0v) is 25.9. The maximum absolute atomic E-state index is 4.91. The quantitative estimate of drug-likeness (QED) is 0.185. The number of benzene rings is 5. The van der Waals surface area contributed by atoms with Crippen molar-refractivity contribution in [3.63, 3.8) is 0 Å². The van der Waals surface area contributed by atoms with Crippen LogP contribution in [0.15, 0.2) is 151 Å². The summed E-state index contributed by atoms with van der Waals surface area (Å²) in [5, 5.41) is 5.15. The molecule has 6 aromatic rings. The summed E-state index contributed by atoms with van der Waals surface area (Å²) in [5.74, 6) is 1.08. The second kappa shape index (κ2) is 11.1. The summed E-state index contributed by atoms with van der Waals surface area (Å²) in [4.78, 5) is 4.91. The Labute approximate surface area is 265 Å². The van der Waals surface area contributed by atoms with Gasteiger partial charge in [-0.25, -0.2) is 4.98 Å². The first-order valence-electron chi connectivity index (χ1n) is 16.1. The zero-order chi connectivity index (χ0) is 30.4. The van der Waals surface area contributed by atoms with Gasteiger partial charge in [0.05, 0.1) is 11.0 Å². The number of imidazole rings is 1. The van der Waals surface area contributed by atoms with Crippen molar-refractivity contribution >= 4 is 38.2 Å². The molecule has 1 unspecified atom stereocenters. The van der Waals surface area contributed by atoms with Crippen LogP contribution in [0.3, 0.4) is 0 Å². The van der Waals surface area contributed by atoms with E-state index < -0.39 is 0 Å². The van der Waals surface area contributed by atoms with Gasteiger partial charge in [0.15, 0.2) is 0 Å². The lowest BCUT2D eigenvalue weighted by Crippen LogP contribution is -2.17. The fraction of sp³-hybridized carbons (Fsp3) is 0.140. The van der Waals surface area contributed by atoms with Crippen LogP contribution in [0, 0.1) is 5.41 Å². The molecule has 0 bridgehead atoms. The molecule has 2 heteroatoms. The maximum Gasteiger partial charge on any atom is 0.114 e. The van der Waals surface area contributed by atoms with Crippen LogP contribution in [-0.2, 0) is 6.42 Å². The van der Waals surface area contributed by atoms with Crippen LogP contribution >= 0.6 is 0 Å². The molecule has 2 aliphatic carbocycles. The molecule has 0 amide bonds. The summed E-state index contributed by atoms with van der Waals surface area (Å²) in [5.41, 5.74) is 9.81. The van der Waals surface area contributed by atoms with Gasteiger partial charge in [0.25, 0.3) is 0 Å². The van der Waals surface area contributed by atoms with E-state index in [0.29, 0.717) is 0 Å². The van der Waals surface area contributed by atoms with Crippen LogP contribution in [0.5, 0.6) is 0 Å². The van der Waals surface area contributed by atoms with E-state index in [0.717, 1.165) is 41.8 Å². The molecule has 45 heavy (non-hydrogen) atoms. The van der Waals surface area contributed by atoms with Gasteiger partial charge in [-0.1, -0.05) is 135 Å². The van der Waals surface area contributed by atoms with Crippen molar-refractivity contribution in [2.75, 3.05) is 0 Å². The Balaban J connectivity index is 1.26. The molecule has 218 valence electrons. The van der Waals surface area contributed by atoms with E-state index >= 15 is 0 Å². The summed E-state index contributed by atoms with van der Waals surface area (Å²) in [6.45, 7) is 4.53. The fourth-order valence-electron chi connectivity index (χ4n) is 7.22. The minimum atomic E-state index is -0.0137. The summed E-state index contributed by atoms with van der Waals surface area (Å²) in [6.07, 6.45) is 21.3. The third-order valence-electron chi connectivity index (χ3n) is 9.60. The Kier molecular flexibility index (Phi) is 6.72. The lowest BCUT2D eigenvalue weighted by atomic mass is 9.74. The number of rotatable bonds is 5. The largest absolute Gasteiger partial charge is 0.296 e. The number of aryl methyl sites for hydroxylation is 1. The Hall–Kier alpha value is -5.21. The SMILES string of the molecule is CCc1nc2ccccc2n1-c1ccc(-c2c3ccccc3c(C3=CCC(C)(C4=CC=CCC=C4)C=C3)c3ccccc23)cc1. The predicted molar refractivity (Wildman–Crippen MR) is 192 cm³/mol. The molecule has 0 radical (unpaired) electrons. The van der Waals surface area contributed by atoms with Crippen molar-refractivity contribution in [3.8, 4) is 16.8 Å². The Bertz CT molecular complexity index is 2190. The van der Waals surface area contributed by atoms with Crippen LogP contribution in [0.2, 0.25) is 0 Å². The lowest BCUT2D eigenvalue weighted by molar-refractivity contribution is 0.532. The molecule has 0 spiro atoms. The second-order valence-electron chi connectivity index (χ2n) is 12.4. The van der Waals surface area contributed by atoms with E-state index in [1.54, 1.807) is 0 Å². The van der Waals surface area contributed by atoms with Crippen LogP contribution < -0.4 is 0 Å². The average Bonchev–Trinajstić information content (AvgIpc) is 3.24. The number of hydrogen-bond acceptors (Lipinski definition) is 1. The number of para-hydroxylation sites is 2. The van der Waals surface area contributed by atoms with Gasteiger partial charge in [0, 0.05) is 17.5 Å². The minimum absolute atomic E-state index is 0.0137. The number of fused-ring (bicyclic) bond motifs is 3. The Morgan fingerprint density at radius 2 is 1.40 bits per heavy atom. The van der Waals surface area contributed by atoms with Gasteiger partial charge < -0.3 is 0 Å². The highest BCUT2D eigenvalue weighted by Crippen LogP contribution is 2.46. The number of nitrogens with zero attached hydrogens (tertiary/aromatic N) is 2. The molecule has 1 heterocycles. The van der Waals surface area contributed by atoms with Crippen molar-refractivity contribution in [2.24, 2.45) is 5.41 Å². The zero-order valence-electron chi connectivity index (χ0n) is 25.9. The summed E-state index contributed by atoms with van der Waals surface area (Å²) in [6, 6.07) is 35.3. The predicted octanol–water partition coefficient (Wildman–Crippen LogP) is 11.4. The number of aromatic nitrogens is 2. The average molecular weight is 581 g/mol. The first-order chi connectivity index (χ1) is 22.1. The van der Waals surface area contributed by atoms with Gasteiger partial charge >= 0.3 is 0 Å². The molecular formula is C43H36N2. The van der Waals surface area contributed by atoms with Gasteiger partial charge in [0.2, 0.25) is 0 Å². The van der Waals surface area contributed by atoms with E-state index in [-0.39, 0.29) is 5.41 Å². The van der Waals surface area contributed by atoms with Crippen LogP contribution in [-0.4, -0.2) is 9.55 Å². The first-order valence-corrected chi connectivity index (χ1v) is 16.1. The summed E-state index contributed by atoms with van der Waals surface area (Å²) < 4.78 is 2.30. The van der Waals surface area contributed by atoms with E-state index in [1.807, 2.05) is 0 Å². The van der Waals surface area contributed by atoms with Crippen molar-refractivity contribution in [3.05, 3.63) is 163 Å². The molecule has 1 aromatic heterocycles. The molecule has 5 aromatic carbocycles. The van der Waals surface area contributed by atoms with Gasteiger partial charge in [-0.15, -0.1) is 0 Å².